The lowest BCUT2D eigenvalue weighted by atomic mass is 9.76. The van der Waals surface area contributed by atoms with Gasteiger partial charge in [0.25, 0.3) is 0 Å². The lowest BCUT2D eigenvalue weighted by molar-refractivity contribution is -0.144. The zero-order valence-corrected chi connectivity index (χ0v) is 11.6. The molecule has 18 heavy (non-hydrogen) atoms. The number of carbonyl (C=O) groups excluding carboxylic acids is 2. The van der Waals surface area contributed by atoms with Gasteiger partial charge in [-0.15, -0.1) is 0 Å². The minimum Gasteiger partial charge on any atom is -0.469 e. The normalized spacial score (nSPS) is 17.2. The number of amides is 1. The Hall–Kier alpha value is -1.10. The molecule has 0 spiro atoms. The van der Waals surface area contributed by atoms with Crippen LogP contribution < -0.4 is 5.73 Å². The second-order valence-corrected chi connectivity index (χ2v) is 5.48. The lowest BCUT2D eigenvalue weighted by Gasteiger charge is -2.40. The van der Waals surface area contributed by atoms with E-state index in [-0.39, 0.29) is 18.3 Å². The Labute approximate surface area is 109 Å². The van der Waals surface area contributed by atoms with Crippen LogP contribution >= 0.6 is 0 Å². The van der Waals surface area contributed by atoms with Gasteiger partial charge in [-0.05, 0) is 25.2 Å². The molecule has 2 N–H and O–H groups in total. The number of nitrogens with zero attached hydrogens (tertiary/aromatic N) is 1. The molecule has 0 aliphatic heterocycles. The van der Waals surface area contributed by atoms with Crippen LogP contribution in [0, 0.1) is 5.92 Å². The fraction of sp³-hybridized carbons (Fsp3) is 0.846. The third kappa shape index (κ3) is 3.70. The highest BCUT2D eigenvalue weighted by atomic mass is 16.5. The van der Waals surface area contributed by atoms with Crippen LogP contribution in [-0.2, 0) is 14.3 Å². The summed E-state index contributed by atoms with van der Waals surface area (Å²) in [6.07, 6.45) is 2.73. The fourth-order valence-electron chi connectivity index (χ4n) is 2.13. The van der Waals surface area contributed by atoms with Gasteiger partial charge < -0.3 is 15.4 Å². The molecule has 0 radical (unpaired) electrons. The average Bonchev–Trinajstić information content (AvgIpc) is 2.29. The molecule has 0 aromatic carbocycles. The smallest absolute Gasteiger partial charge is 0.307 e. The van der Waals surface area contributed by atoms with Gasteiger partial charge in [0.15, 0.2) is 0 Å². The molecule has 1 aliphatic carbocycles. The largest absolute Gasteiger partial charge is 0.469 e. The fourth-order valence-corrected chi connectivity index (χ4v) is 2.13. The van der Waals surface area contributed by atoms with E-state index in [1.165, 1.54) is 7.11 Å². The minimum atomic E-state index is -0.689. The highest BCUT2D eigenvalue weighted by Gasteiger charge is 2.42. The van der Waals surface area contributed by atoms with E-state index in [0.717, 1.165) is 19.3 Å². The summed E-state index contributed by atoms with van der Waals surface area (Å²) in [5, 5.41) is 0. The molecule has 0 heterocycles. The Morgan fingerprint density at radius 3 is 2.39 bits per heavy atom. The first-order valence-corrected chi connectivity index (χ1v) is 6.54. The number of esters is 1. The zero-order chi connectivity index (χ0) is 13.8. The third-order valence-corrected chi connectivity index (χ3v) is 3.36. The Morgan fingerprint density at radius 1 is 1.39 bits per heavy atom. The van der Waals surface area contributed by atoms with Crippen LogP contribution in [-0.4, -0.2) is 42.5 Å². The van der Waals surface area contributed by atoms with Gasteiger partial charge in [-0.25, -0.2) is 0 Å². The standard InChI is InChI=1S/C13H24N2O3/c1-10(2)9-15(8-5-11(16)18-3)12(17)13(14)6-4-7-13/h10H,4-9,14H2,1-3H3. The van der Waals surface area contributed by atoms with Crippen molar-refractivity contribution in [2.45, 2.75) is 45.1 Å². The van der Waals surface area contributed by atoms with Crippen LogP contribution in [0.3, 0.4) is 0 Å². The van der Waals surface area contributed by atoms with Gasteiger partial charge in [-0.3, -0.25) is 9.59 Å². The number of rotatable bonds is 6. The van der Waals surface area contributed by atoms with E-state index in [1.54, 1.807) is 4.90 Å². The molecule has 1 saturated carbocycles. The third-order valence-electron chi connectivity index (χ3n) is 3.36. The molecule has 0 unspecified atom stereocenters. The number of hydrogen-bond acceptors (Lipinski definition) is 4. The predicted molar refractivity (Wildman–Crippen MR) is 68.8 cm³/mol. The summed E-state index contributed by atoms with van der Waals surface area (Å²) in [5.74, 6) is 0.0397. The van der Waals surface area contributed by atoms with Crippen molar-refractivity contribution in [3.8, 4) is 0 Å². The summed E-state index contributed by atoms with van der Waals surface area (Å²) >= 11 is 0. The number of ether oxygens (including phenoxy) is 1. The molecule has 1 aliphatic rings. The second kappa shape index (κ2) is 6.18. The molecular formula is C13H24N2O3. The Bertz CT molecular complexity index is 311. The van der Waals surface area contributed by atoms with E-state index in [2.05, 4.69) is 4.74 Å². The Morgan fingerprint density at radius 2 is 2.00 bits per heavy atom. The number of hydrogen-bond donors (Lipinski definition) is 1. The quantitative estimate of drug-likeness (QED) is 0.717. The van der Waals surface area contributed by atoms with Crippen molar-refractivity contribution in [2.75, 3.05) is 20.2 Å². The summed E-state index contributed by atoms with van der Waals surface area (Å²) in [6.45, 7) is 5.11. The summed E-state index contributed by atoms with van der Waals surface area (Å²) in [5.41, 5.74) is 5.36. The average molecular weight is 256 g/mol. The van der Waals surface area contributed by atoms with Crippen molar-refractivity contribution in [3.05, 3.63) is 0 Å². The van der Waals surface area contributed by atoms with E-state index in [4.69, 9.17) is 5.73 Å². The van der Waals surface area contributed by atoms with Gasteiger partial charge in [-0.2, -0.15) is 0 Å². The monoisotopic (exact) mass is 256 g/mol. The van der Waals surface area contributed by atoms with Gasteiger partial charge in [0, 0.05) is 13.1 Å². The first kappa shape index (κ1) is 15.0. The van der Waals surface area contributed by atoms with Crippen molar-refractivity contribution in [3.63, 3.8) is 0 Å². The van der Waals surface area contributed by atoms with E-state index >= 15 is 0 Å². The van der Waals surface area contributed by atoms with Crippen molar-refractivity contribution in [1.29, 1.82) is 0 Å². The van der Waals surface area contributed by atoms with E-state index in [0.29, 0.717) is 19.0 Å². The summed E-state index contributed by atoms with van der Waals surface area (Å²) in [4.78, 5) is 25.2. The van der Waals surface area contributed by atoms with Gasteiger partial charge >= 0.3 is 5.97 Å². The van der Waals surface area contributed by atoms with Gasteiger partial charge in [0.1, 0.15) is 0 Å². The van der Waals surface area contributed by atoms with Crippen LogP contribution in [0.4, 0.5) is 0 Å². The molecule has 1 amide bonds. The van der Waals surface area contributed by atoms with Crippen LogP contribution in [0.25, 0.3) is 0 Å². The molecule has 1 fully saturated rings. The number of nitrogens with two attached hydrogens (primary N) is 1. The molecule has 104 valence electrons. The molecule has 5 nitrogen and oxygen atoms in total. The zero-order valence-electron chi connectivity index (χ0n) is 11.6. The number of carbonyl (C=O) groups is 2. The Kier molecular flexibility index (Phi) is 5.14. The van der Waals surface area contributed by atoms with E-state index < -0.39 is 5.54 Å². The summed E-state index contributed by atoms with van der Waals surface area (Å²) in [6, 6.07) is 0. The number of methoxy groups -OCH3 is 1. The van der Waals surface area contributed by atoms with Gasteiger partial charge in [-0.1, -0.05) is 13.8 Å². The first-order chi connectivity index (χ1) is 8.39. The molecule has 5 heteroatoms. The second-order valence-electron chi connectivity index (χ2n) is 5.48. The van der Waals surface area contributed by atoms with Crippen molar-refractivity contribution in [2.24, 2.45) is 11.7 Å². The van der Waals surface area contributed by atoms with Crippen LogP contribution in [0.2, 0.25) is 0 Å². The van der Waals surface area contributed by atoms with Gasteiger partial charge in [0.05, 0.1) is 19.1 Å². The van der Waals surface area contributed by atoms with Gasteiger partial charge in [0.2, 0.25) is 5.91 Å². The Balaban J connectivity index is 2.59. The first-order valence-electron chi connectivity index (χ1n) is 6.54. The van der Waals surface area contributed by atoms with Crippen molar-refractivity contribution in [1.82, 2.24) is 4.90 Å². The maximum absolute atomic E-state index is 12.3. The predicted octanol–water partition coefficient (Wildman–Crippen LogP) is 0.915. The van der Waals surface area contributed by atoms with Crippen molar-refractivity contribution >= 4 is 11.9 Å². The minimum absolute atomic E-state index is 0.0219. The topological polar surface area (TPSA) is 72.6 Å². The van der Waals surface area contributed by atoms with Crippen LogP contribution in [0.5, 0.6) is 0 Å². The van der Waals surface area contributed by atoms with Crippen LogP contribution in [0.15, 0.2) is 0 Å². The van der Waals surface area contributed by atoms with Crippen LogP contribution in [0.1, 0.15) is 39.5 Å². The maximum atomic E-state index is 12.3. The maximum Gasteiger partial charge on any atom is 0.307 e. The molecular weight excluding hydrogens is 232 g/mol. The molecule has 0 aromatic rings. The van der Waals surface area contributed by atoms with E-state index in [1.807, 2.05) is 13.8 Å². The molecule has 0 saturated heterocycles. The molecule has 1 rings (SSSR count). The highest BCUT2D eigenvalue weighted by Crippen LogP contribution is 2.31. The summed E-state index contributed by atoms with van der Waals surface area (Å²) in [7, 11) is 1.35. The van der Waals surface area contributed by atoms with E-state index in [9.17, 15) is 9.59 Å². The highest BCUT2D eigenvalue weighted by molar-refractivity contribution is 5.87. The molecule has 0 bridgehead atoms. The summed E-state index contributed by atoms with van der Waals surface area (Å²) < 4.78 is 4.60. The SMILES string of the molecule is COC(=O)CCN(CC(C)C)C(=O)C1(N)CCC1. The molecule has 0 atom stereocenters. The molecule has 0 aromatic heterocycles. The van der Waals surface area contributed by atoms with Crippen molar-refractivity contribution < 1.29 is 14.3 Å². The lowest BCUT2D eigenvalue weighted by Crippen LogP contribution is -2.60.